The maximum atomic E-state index is 13.6. The van der Waals surface area contributed by atoms with Gasteiger partial charge in [0, 0.05) is 5.56 Å². The van der Waals surface area contributed by atoms with Crippen LogP contribution in [0.5, 0.6) is 5.75 Å². The number of anilines is 1. The Morgan fingerprint density at radius 2 is 1.72 bits per heavy atom. The van der Waals surface area contributed by atoms with Gasteiger partial charge in [-0.25, -0.2) is 9.78 Å². The second kappa shape index (κ2) is 9.14. The molecule has 1 fully saturated rings. The van der Waals surface area contributed by atoms with Gasteiger partial charge in [-0.15, -0.1) is 0 Å². The number of aromatic amines is 1. The number of methoxy groups -OCH3 is 1. The van der Waals surface area contributed by atoms with Crippen molar-refractivity contribution in [2.24, 2.45) is 0 Å². The van der Waals surface area contributed by atoms with Crippen molar-refractivity contribution in [2.75, 3.05) is 12.0 Å². The first-order valence-electron chi connectivity index (χ1n) is 12.0. The summed E-state index contributed by atoms with van der Waals surface area (Å²) in [6.07, 6.45) is 0. The minimum atomic E-state index is -1.11. The number of nitrogens with one attached hydrogen (secondary N) is 1. The molecule has 0 radical (unpaired) electrons. The van der Waals surface area contributed by atoms with Gasteiger partial charge in [0.2, 0.25) is 5.95 Å². The van der Waals surface area contributed by atoms with E-state index in [2.05, 4.69) is 9.97 Å². The topological polar surface area (TPSA) is 133 Å². The van der Waals surface area contributed by atoms with Crippen molar-refractivity contribution >= 4 is 51.2 Å². The molecule has 192 valence electrons. The fourth-order valence-electron chi connectivity index (χ4n) is 5.00. The summed E-state index contributed by atoms with van der Waals surface area (Å²) >= 11 is 0. The molecule has 3 N–H and O–H groups in total. The minimum absolute atomic E-state index is 0.0411. The highest BCUT2D eigenvalue weighted by Gasteiger charge is 2.48. The number of hydrogen-bond acceptors (Lipinski definition) is 6. The number of carbonyl (C=O) groups excluding carboxylic acids is 2. The number of ketones is 1. The van der Waals surface area contributed by atoms with Crippen LogP contribution in [0.15, 0.2) is 90.5 Å². The zero-order chi connectivity index (χ0) is 27.3. The van der Waals surface area contributed by atoms with E-state index in [0.717, 1.165) is 10.8 Å². The smallest absolute Gasteiger partial charge is 0.335 e. The highest BCUT2D eigenvalue weighted by atomic mass is 16.5. The molecule has 1 aromatic heterocycles. The van der Waals surface area contributed by atoms with Gasteiger partial charge in [0.15, 0.2) is 0 Å². The third-order valence-electron chi connectivity index (χ3n) is 6.84. The van der Waals surface area contributed by atoms with Crippen molar-refractivity contribution in [1.82, 2.24) is 9.97 Å². The van der Waals surface area contributed by atoms with Crippen LogP contribution < -0.4 is 9.64 Å². The zero-order valence-electron chi connectivity index (χ0n) is 20.6. The largest absolute Gasteiger partial charge is 0.507 e. The number of rotatable bonds is 5. The molecule has 6 rings (SSSR count). The van der Waals surface area contributed by atoms with Crippen LogP contribution in [0.2, 0.25) is 0 Å². The van der Waals surface area contributed by atoms with Gasteiger partial charge in [-0.3, -0.25) is 14.5 Å². The molecule has 4 aromatic carbocycles. The van der Waals surface area contributed by atoms with E-state index >= 15 is 0 Å². The number of amides is 1. The molecular weight excluding hydrogens is 498 g/mol. The Labute approximate surface area is 221 Å². The van der Waals surface area contributed by atoms with Gasteiger partial charge in [0.1, 0.15) is 11.5 Å². The van der Waals surface area contributed by atoms with E-state index in [0.29, 0.717) is 27.9 Å². The SMILES string of the molecule is COc1cccc(C2/C(=C(\O)c3cccc4ccccc34)C(=O)C(=O)N2c2nc3ccc(C(=O)O)cc3[nH]2)c1. The number of aliphatic hydroxyl groups excluding tert-OH is 1. The predicted octanol–water partition coefficient (Wildman–Crippen LogP) is 5.05. The summed E-state index contributed by atoms with van der Waals surface area (Å²) in [6.45, 7) is 0. The zero-order valence-corrected chi connectivity index (χ0v) is 20.6. The van der Waals surface area contributed by atoms with Crippen molar-refractivity contribution < 1.29 is 29.3 Å². The standard InChI is InChI=1S/C30H21N3O6/c1-39-19-9-4-8-17(14-19)25-24(26(34)21-11-5-7-16-6-2-3-10-20(16)21)27(35)28(36)33(25)30-31-22-13-12-18(29(37)38)15-23(22)32-30/h2-15,25,34H,1H3,(H,31,32)(H,37,38)/b26-24+. The first kappa shape index (κ1) is 23.9. The number of imidazole rings is 1. The van der Waals surface area contributed by atoms with Gasteiger partial charge in [-0.1, -0.05) is 54.6 Å². The molecule has 39 heavy (non-hydrogen) atoms. The van der Waals surface area contributed by atoms with Crippen LogP contribution in [0, 0.1) is 0 Å². The fourth-order valence-corrected chi connectivity index (χ4v) is 5.00. The number of carbonyl (C=O) groups is 3. The van der Waals surface area contributed by atoms with Crippen LogP contribution in [0.1, 0.15) is 27.5 Å². The normalized spacial score (nSPS) is 16.7. The lowest BCUT2D eigenvalue weighted by Gasteiger charge is -2.23. The number of carboxylic acids is 1. The number of fused-ring (bicyclic) bond motifs is 2. The molecule has 1 saturated heterocycles. The summed E-state index contributed by atoms with van der Waals surface area (Å²) in [6, 6.07) is 23.0. The van der Waals surface area contributed by atoms with E-state index in [1.807, 2.05) is 30.3 Å². The summed E-state index contributed by atoms with van der Waals surface area (Å²) in [4.78, 5) is 47.2. The Morgan fingerprint density at radius 1 is 0.949 bits per heavy atom. The van der Waals surface area contributed by atoms with Gasteiger partial charge >= 0.3 is 11.9 Å². The van der Waals surface area contributed by atoms with E-state index in [9.17, 15) is 24.6 Å². The number of nitrogens with zero attached hydrogens (tertiary/aromatic N) is 2. The molecule has 1 unspecified atom stereocenters. The molecule has 9 heteroatoms. The minimum Gasteiger partial charge on any atom is -0.507 e. The lowest BCUT2D eigenvalue weighted by molar-refractivity contribution is -0.132. The number of H-pyrrole nitrogens is 1. The molecule has 0 spiro atoms. The van der Waals surface area contributed by atoms with Gasteiger partial charge in [-0.2, -0.15) is 0 Å². The van der Waals surface area contributed by atoms with E-state index in [1.54, 1.807) is 36.4 Å². The summed E-state index contributed by atoms with van der Waals surface area (Å²) in [5.41, 5.74) is 1.66. The summed E-state index contributed by atoms with van der Waals surface area (Å²) < 4.78 is 5.38. The Hall–Kier alpha value is -5.44. The molecule has 1 aliphatic heterocycles. The van der Waals surface area contributed by atoms with Crippen molar-refractivity contribution in [3.8, 4) is 5.75 Å². The van der Waals surface area contributed by atoms with Gasteiger partial charge in [0.05, 0.1) is 35.3 Å². The van der Waals surface area contributed by atoms with Crippen LogP contribution >= 0.6 is 0 Å². The highest BCUT2D eigenvalue weighted by Crippen LogP contribution is 2.43. The first-order valence-corrected chi connectivity index (χ1v) is 12.0. The van der Waals surface area contributed by atoms with Crippen molar-refractivity contribution in [3.05, 3.63) is 107 Å². The number of aromatic carboxylic acids is 1. The Morgan fingerprint density at radius 3 is 2.51 bits per heavy atom. The van der Waals surface area contributed by atoms with Gasteiger partial charge in [0.25, 0.3) is 5.78 Å². The molecule has 5 aromatic rings. The molecule has 1 amide bonds. The number of carboxylic acid groups (broad SMARTS) is 1. The van der Waals surface area contributed by atoms with E-state index in [1.165, 1.54) is 30.2 Å². The summed E-state index contributed by atoms with van der Waals surface area (Å²) in [5, 5.41) is 22.6. The number of benzene rings is 4. The summed E-state index contributed by atoms with van der Waals surface area (Å²) in [7, 11) is 1.51. The lowest BCUT2D eigenvalue weighted by Crippen LogP contribution is -2.30. The number of aliphatic hydroxyl groups is 1. The van der Waals surface area contributed by atoms with E-state index < -0.39 is 23.7 Å². The number of aromatic nitrogens is 2. The highest BCUT2D eigenvalue weighted by molar-refractivity contribution is 6.51. The van der Waals surface area contributed by atoms with Crippen LogP contribution in [0.3, 0.4) is 0 Å². The van der Waals surface area contributed by atoms with Crippen molar-refractivity contribution in [2.45, 2.75) is 6.04 Å². The molecular formula is C30H21N3O6. The number of Topliss-reactive ketones (excluding diaryl/α,β-unsaturated/α-hetero) is 1. The number of hydrogen-bond donors (Lipinski definition) is 3. The second-order valence-electron chi connectivity index (χ2n) is 9.07. The third kappa shape index (κ3) is 3.88. The fraction of sp³-hybridized carbons (Fsp3) is 0.0667. The quantitative estimate of drug-likeness (QED) is 0.168. The molecule has 1 aliphatic rings. The molecule has 0 saturated carbocycles. The predicted molar refractivity (Wildman–Crippen MR) is 145 cm³/mol. The lowest BCUT2D eigenvalue weighted by atomic mass is 9.93. The van der Waals surface area contributed by atoms with Crippen LogP contribution in [-0.2, 0) is 9.59 Å². The Bertz CT molecular complexity index is 1850. The van der Waals surface area contributed by atoms with E-state index in [-0.39, 0.29) is 22.8 Å². The van der Waals surface area contributed by atoms with Gasteiger partial charge in [-0.05, 0) is 46.7 Å². The maximum Gasteiger partial charge on any atom is 0.335 e. The van der Waals surface area contributed by atoms with Crippen molar-refractivity contribution in [3.63, 3.8) is 0 Å². The van der Waals surface area contributed by atoms with Crippen molar-refractivity contribution in [1.29, 1.82) is 0 Å². The Kier molecular flexibility index (Phi) is 5.61. The van der Waals surface area contributed by atoms with Crippen LogP contribution in [0.25, 0.3) is 27.6 Å². The average molecular weight is 520 g/mol. The van der Waals surface area contributed by atoms with E-state index in [4.69, 9.17) is 4.74 Å². The van der Waals surface area contributed by atoms with Gasteiger partial charge < -0.3 is 19.9 Å². The molecule has 0 aliphatic carbocycles. The summed E-state index contributed by atoms with van der Waals surface area (Å²) in [5.74, 6) is -2.65. The molecule has 0 bridgehead atoms. The van der Waals surface area contributed by atoms with Crippen LogP contribution in [0.4, 0.5) is 5.95 Å². The Balaban J connectivity index is 1.59. The monoisotopic (exact) mass is 519 g/mol. The molecule has 1 atom stereocenters. The molecule has 9 nitrogen and oxygen atoms in total. The maximum absolute atomic E-state index is 13.6. The average Bonchev–Trinajstić information content (AvgIpc) is 3.49. The first-order chi connectivity index (χ1) is 18.9. The van der Waals surface area contributed by atoms with Crippen LogP contribution in [-0.4, -0.2) is 45.0 Å². The second-order valence-corrected chi connectivity index (χ2v) is 9.07. The molecule has 2 heterocycles. The number of ether oxygens (including phenoxy) is 1. The third-order valence-corrected chi connectivity index (χ3v) is 6.84.